The van der Waals surface area contributed by atoms with E-state index in [4.69, 9.17) is 4.74 Å². The van der Waals surface area contributed by atoms with Crippen LogP contribution in [0.4, 0.5) is 0 Å². The van der Waals surface area contributed by atoms with E-state index in [-0.39, 0.29) is 23.4 Å². The molecule has 4 rings (SSSR count). The summed E-state index contributed by atoms with van der Waals surface area (Å²) in [4.78, 5) is 12.3. The zero-order valence-electron chi connectivity index (χ0n) is 15.6. The molecule has 1 N–H and O–H groups in total. The van der Waals surface area contributed by atoms with Crippen LogP contribution >= 0.6 is 0 Å². The van der Waals surface area contributed by atoms with Gasteiger partial charge >= 0.3 is 5.97 Å². The highest BCUT2D eigenvalue weighted by Gasteiger charge is 2.61. The Bertz CT molecular complexity index is 517. The summed E-state index contributed by atoms with van der Waals surface area (Å²) in [5.41, 5.74) is 0.582. The third-order valence-electron chi connectivity index (χ3n) is 9.12. The first kappa shape index (κ1) is 16.9. The molecule has 4 aliphatic rings. The SMILES string of the molecule is COC(=O)[C@H]1CC[C@H]2[C@@H]3CC[C@@H]4C[C@@H](O)CC[C@]4(C)[C@H]3CC[C@]12C. The van der Waals surface area contributed by atoms with Crippen LogP contribution in [0.2, 0.25) is 0 Å². The Labute approximate surface area is 146 Å². The predicted octanol–water partition coefficient (Wildman–Crippen LogP) is 4.18. The minimum absolute atomic E-state index is 0.0270. The van der Waals surface area contributed by atoms with Crippen LogP contribution in [0.3, 0.4) is 0 Å². The van der Waals surface area contributed by atoms with Gasteiger partial charge in [-0.25, -0.2) is 0 Å². The number of carbonyl (C=O) groups is 1. The van der Waals surface area contributed by atoms with Crippen LogP contribution in [0.25, 0.3) is 0 Å². The summed E-state index contributed by atoms with van der Waals surface area (Å²) in [6, 6.07) is 0. The molecule has 3 heteroatoms. The standard InChI is InChI=1S/C21H34O3/c1-20-10-8-14(22)12-13(20)4-5-15-16-6-7-18(19(23)24-3)21(16,2)11-9-17(15)20/h13-18,22H,4-12H2,1-3H3/t13-,14+,15+,16+,17+,18-,20+,21+/m1/s1. The van der Waals surface area contributed by atoms with Crippen LogP contribution in [-0.4, -0.2) is 24.3 Å². The quantitative estimate of drug-likeness (QED) is 0.732. The van der Waals surface area contributed by atoms with Crippen molar-refractivity contribution in [2.24, 2.45) is 40.4 Å². The molecule has 0 aromatic carbocycles. The Morgan fingerprint density at radius 1 is 0.958 bits per heavy atom. The summed E-state index contributed by atoms with van der Waals surface area (Å²) in [6.07, 6.45) is 10.4. The van der Waals surface area contributed by atoms with Crippen LogP contribution in [0.1, 0.15) is 71.6 Å². The van der Waals surface area contributed by atoms with Gasteiger partial charge in [-0.1, -0.05) is 13.8 Å². The van der Waals surface area contributed by atoms with Crippen molar-refractivity contribution >= 4 is 5.97 Å². The van der Waals surface area contributed by atoms with E-state index in [9.17, 15) is 9.90 Å². The summed E-state index contributed by atoms with van der Waals surface area (Å²) in [5.74, 6) is 3.15. The molecule has 4 aliphatic carbocycles. The molecule has 8 atom stereocenters. The highest BCUT2D eigenvalue weighted by atomic mass is 16.5. The van der Waals surface area contributed by atoms with Gasteiger partial charge in [0.15, 0.2) is 0 Å². The summed E-state index contributed by atoms with van der Waals surface area (Å²) in [7, 11) is 1.55. The van der Waals surface area contributed by atoms with Gasteiger partial charge in [-0.2, -0.15) is 0 Å². The fourth-order valence-electron chi connectivity index (χ4n) is 7.76. The van der Waals surface area contributed by atoms with E-state index in [1.54, 1.807) is 7.11 Å². The van der Waals surface area contributed by atoms with Gasteiger partial charge in [0.2, 0.25) is 0 Å². The average Bonchev–Trinajstić information content (AvgIpc) is 2.92. The number of fused-ring (bicyclic) bond motifs is 5. The van der Waals surface area contributed by atoms with Crippen molar-refractivity contribution in [3.05, 3.63) is 0 Å². The molecule has 0 spiro atoms. The second-order valence-electron chi connectivity index (χ2n) is 9.78. The number of rotatable bonds is 1. The molecule has 3 nitrogen and oxygen atoms in total. The number of esters is 1. The first-order chi connectivity index (χ1) is 11.4. The lowest BCUT2D eigenvalue weighted by Gasteiger charge is -2.60. The van der Waals surface area contributed by atoms with E-state index in [1.165, 1.54) is 38.5 Å². The van der Waals surface area contributed by atoms with Gasteiger partial charge < -0.3 is 9.84 Å². The molecule has 4 fully saturated rings. The molecule has 0 aliphatic heterocycles. The lowest BCUT2D eigenvalue weighted by molar-refractivity contribution is -0.157. The zero-order valence-corrected chi connectivity index (χ0v) is 15.6. The van der Waals surface area contributed by atoms with Gasteiger partial charge in [-0.3, -0.25) is 4.79 Å². The molecule has 0 bridgehead atoms. The highest BCUT2D eigenvalue weighted by molar-refractivity contribution is 5.73. The van der Waals surface area contributed by atoms with Crippen LogP contribution in [0, 0.1) is 40.4 Å². The minimum Gasteiger partial charge on any atom is -0.469 e. The Balaban J connectivity index is 1.60. The maximum absolute atomic E-state index is 12.3. The van der Waals surface area contributed by atoms with Crippen molar-refractivity contribution in [1.82, 2.24) is 0 Å². The highest BCUT2D eigenvalue weighted by Crippen LogP contribution is 2.67. The van der Waals surface area contributed by atoms with Gasteiger partial charge in [-0.05, 0) is 92.3 Å². The van der Waals surface area contributed by atoms with Crippen molar-refractivity contribution < 1.29 is 14.6 Å². The monoisotopic (exact) mass is 334 g/mol. The molecule has 0 saturated heterocycles. The Morgan fingerprint density at radius 3 is 2.42 bits per heavy atom. The van der Waals surface area contributed by atoms with Crippen LogP contribution in [-0.2, 0) is 9.53 Å². The molecule has 0 heterocycles. The molecular formula is C21H34O3. The summed E-state index contributed by atoms with van der Waals surface area (Å²) in [6.45, 7) is 4.90. The minimum atomic E-state index is -0.0660. The number of ether oxygens (including phenoxy) is 1. The van der Waals surface area contributed by atoms with E-state index in [0.29, 0.717) is 17.3 Å². The predicted molar refractivity (Wildman–Crippen MR) is 93.2 cm³/mol. The summed E-state index contributed by atoms with van der Waals surface area (Å²) < 4.78 is 5.14. The lowest BCUT2D eigenvalue weighted by Crippen LogP contribution is -2.54. The van der Waals surface area contributed by atoms with E-state index < -0.39 is 0 Å². The molecule has 0 unspecified atom stereocenters. The number of methoxy groups -OCH3 is 1. The normalized spacial score (nSPS) is 53.7. The largest absolute Gasteiger partial charge is 0.469 e. The number of carbonyl (C=O) groups excluding carboxylic acids is 1. The van der Waals surface area contributed by atoms with Crippen molar-refractivity contribution in [1.29, 1.82) is 0 Å². The van der Waals surface area contributed by atoms with Gasteiger partial charge in [-0.15, -0.1) is 0 Å². The number of hydrogen-bond donors (Lipinski definition) is 1. The Kier molecular flexibility index (Phi) is 4.02. The third kappa shape index (κ3) is 2.22. The van der Waals surface area contributed by atoms with Crippen LogP contribution in [0.15, 0.2) is 0 Å². The topological polar surface area (TPSA) is 46.5 Å². The molecule has 136 valence electrons. The number of aliphatic hydroxyl groups is 1. The Hall–Kier alpha value is -0.570. The van der Waals surface area contributed by atoms with E-state index in [0.717, 1.165) is 31.1 Å². The van der Waals surface area contributed by atoms with Gasteiger partial charge in [0.25, 0.3) is 0 Å². The first-order valence-electron chi connectivity index (χ1n) is 10.2. The molecular weight excluding hydrogens is 300 g/mol. The second kappa shape index (κ2) is 5.72. The number of aliphatic hydroxyl groups excluding tert-OH is 1. The Morgan fingerprint density at radius 2 is 1.67 bits per heavy atom. The maximum Gasteiger partial charge on any atom is 0.309 e. The fraction of sp³-hybridized carbons (Fsp3) is 0.952. The van der Waals surface area contributed by atoms with E-state index in [1.807, 2.05) is 0 Å². The molecule has 0 aromatic heterocycles. The van der Waals surface area contributed by atoms with E-state index >= 15 is 0 Å². The number of hydrogen-bond acceptors (Lipinski definition) is 3. The molecule has 24 heavy (non-hydrogen) atoms. The maximum atomic E-state index is 12.3. The third-order valence-corrected chi connectivity index (χ3v) is 9.12. The smallest absolute Gasteiger partial charge is 0.309 e. The van der Waals surface area contributed by atoms with Crippen LogP contribution < -0.4 is 0 Å². The lowest BCUT2D eigenvalue weighted by atomic mass is 9.44. The van der Waals surface area contributed by atoms with Gasteiger partial charge in [0.1, 0.15) is 0 Å². The van der Waals surface area contributed by atoms with Crippen LogP contribution in [0.5, 0.6) is 0 Å². The summed E-state index contributed by atoms with van der Waals surface area (Å²) in [5, 5.41) is 10.1. The molecule has 0 radical (unpaired) electrons. The van der Waals surface area contributed by atoms with Crippen molar-refractivity contribution in [3.63, 3.8) is 0 Å². The van der Waals surface area contributed by atoms with Crippen molar-refractivity contribution in [2.45, 2.75) is 77.7 Å². The van der Waals surface area contributed by atoms with Crippen molar-refractivity contribution in [2.75, 3.05) is 7.11 Å². The fourth-order valence-corrected chi connectivity index (χ4v) is 7.76. The zero-order chi connectivity index (χ0) is 17.1. The van der Waals surface area contributed by atoms with Gasteiger partial charge in [0.05, 0.1) is 19.1 Å². The molecule has 0 amide bonds. The van der Waals surface area contributed by atoms with Gasteiger partial charge in [0, 0.05) is 0 Å². The average molecular weight is 335 g/mol. The molecule has 0 aromatic rings. The van der Waals surface area contributed by atoms with E-state index in [2.05, 4.69) is 13.8 Å². The molecule has 4 saturated carbocycles. The first-order valence-corrected chi connectivity index (χ1v) is 10.2. The second-order valence-corrected chi connectivity index (χ2v) is 9.78. The summed E-state index contributed by atoms with van der Waals surface area (Å²) >= 11 is 0. The van der Waals surface area contributed by atoms with Crippen molar-refractivity contribution in [3.8, 4) is 0 Å².